The molecule has 1 heterocycles. The summed E-state index contributed by atoms with van der Waals surface area (Å²) in [5.74, 6) is 0. The first-order chi connectivity index (χ1) is 20.1. The number of aromatic nitrogens is 1. The van der Waals surface area contributed by atoms with E-state index in [9.17, 15) is 5.11 Å². The average molecular weight is 542 g/mol. The van der Waals surface area contributed by atoms with Gasteiger partial charge in [0.1, 0.15) is 0 Å². The number of aliphatic hydroxyl groups is 1. The van der Waals surface area contributed by atoms with Gasteiger partial charge in [0.2, 0.25) is 0 Å². The monoisotopic (exact) mass is 541 g/mol. The Labute approximate surface area is 244 Å². The van der Waals surface area contributed by atoms with E-state index in [4.69, 9.17) is 5.73 Å². The third kappa shape index (κ3) is 8.45. The van der Waals surface area contributed by atoms with E-state index in [2.05, 4.69) is 107 Å². The van der Waals surface area contributed by atoms with E-state index in [-0.39, 0.29) is 12.1 Å². The van der Waals surface area contributed by atoms with Crippen LogP contribution in [-0.2, 0) is 25.9 Å². The summed E-state index contributed by atoms with van der Waals surface area (Å²) in [4.78, 5) is 6.86. The first-order valence-corrected chi connectivity index (χ1v) is 14.4. The molecule has 41 heavy (non-hydrogen) atoms. The largest absolute Gasteiger partial charge is 0.391 e. The van der Waals surface area contributed by atoms with Crippen LogP contribution in [0.25, 0.3) is 11.3 Å². The lowest BCUT2D eigenvalue weighted by molar-refractivity contribution is 0.0301. The molecule has 5 rings (SSSR count). The normalized spacial score (nSPS) is 13.5. The van der Waals surface area contributed by atoms with E-state index in [1.54, 1.807) is 0 Å². The summed E-state index contributed by atoms with van der Waals surface area (Å²) in [5, 5.41) is 11.8. The van der Waals surface area contributed by atoms with Crippen molar-refractivity contribution in [3.63, 3.8) is 0 Å². The van der Waals surface area contributed by atoms with Gasteiger partial charge in [0.25, 0.3) is 0 Å². The van der Waals surface area contributed by atoms with Crippen LogP contribution < -0.4 is 5.73 Å². The van der Waals surface area contributed by atoms with Crippen LogP contribution in [0, 0.1) is 0 Å². The van der Waals surface area contributed by atoms with Crippen LogP contribution >= 0.6 is 0 Å². The van der Waals surface area contributed by atoms with E-state index in [1.807, 2.05) is 42.6 Å². The molecule has 0 aliphatic heterocycles. The maximum Gasteiger partial charge on any atom is 0.0713 e. The van der Waals surface area contributed by atoms with Crippen molar-refractivity contribution in [2.24, 2.45) is 5.73 Å². The highest BCUT2D eigenvalue weighted by atomic mass is 16.3. The molecule has 0 aliphatic rings. The van der Waals surface area contributed by atoms with E-state index in [0.29, 0.717) is 12.8 Å². The van der Waals surface area contributed by atoms with Gasteiger partial charge in [-0.15, -0.1) is 0 Å². The molecule has 1 unspecified atom stereocenters. The fraction of sp³-hybridized carbons (Fsp3) is 0.216. The standard InChI is InChI=1S/C37H39N3O/c38-34(24-30-19-21-33(22-20-30)35-18-10-11-23-39-35)26-37(41)36(25-29-12-4-1-5-13-29)40(27-31-14-6-2-7-15-31)28-32-16-8-3-9-17-32/h1-23,34,36-37,41H,24-28,38H2/t34-,36-,37?/m0/s1. The Hall–Kier alpha value is -4.09. The highest BCUT2D eigenvalue weighted by Gasteiger charge is 2.28. The predicted octanol–water partition coefficient (Wildman–Crippen LogP) is 6.68. The van der Waals surface area contributed by atoms with Gasteiger partial charge < -0.3 is 10.8 Å². The molecule has 0 fully saturated rings. The number of rotatable bonds is 13. The number of nitrogens with two attached hydrogens (primary N) is 1. The summed E-state index contributed by atoms with van der Waals surface area (Å²) in [6.07, 6.45) is 3.18. The smallest absolute Gasteiger partial charge is 0.0713 e. The second kappa shape index (κ2) is 14.5. The molecule has 208 valence electrons. The van der Waals surface area contributed by atoms with Crippen molar-refractivity contribution < 1.29 is 5.11 Å². The molecule has 0 saturated heterocycles. The molecule has 3 atom stereocenters. The van der Waals surface area contributed by atoms with Crippen molar-refractivity contribution in [3.05, 3.63) is 162 Å². The van der Waals surface area contributed by atoms with Gasteiger partial charge in [-0.1, -0.05) is 121 Å². The molecule has 4 heteroatoms. The van der Waals surface area contributed by atoms with Crippen molar-refractivity contribution in [2.75, 3.05) is 0 Å². The lowest BCUT2D eigenvalue weighted by Crippen LogP contribution is -2.46. The average Bonchev–Trinajstić information content (AvgIpc) is 3.02. The fourth-order valence-electron chi connectivity index (χ4n) is 5.49. The van der Waals surface area contributed by atoms with Gasteiger partial charge in [-0.05, 0) is 53.6 Å². The Bertz CT molecular complexity index is 1390. The minimum Gasteiger partial charge on any atom is -0.391 e. The minimum absolute atomic E-state index is 0.101. The lowest BCUT2D eigenvalue weighted by Gasteiger charge is -2.36. The van der Waals surface area contributed by atoms with Crippen LogP contribution in [-0.4, -0.2) is 33.2 Å². The van der Waals surface area contributed by atoms with Crippen LogP contribution in [0.1, 0.15) is 28.7 Å². The van der Waals surface area contributed by atoms with Gasteiger partial charge in [-0.2, -0.15) is 0 Å². The number of hydrogen-bond acceptors (Lipinski definition) is 4. The Kier molecular flexibility index (Phi) is 10.1. The Morgan fingerprint density at radius 1 is 0.585 bits per heavy atom. The van der Waals surface area contributed by atoms with Crippen LogP contribution in [0.3, 0.4) is 0 Å². The second-order valence-corrected chi connectivity index (χ2v) is 10.8. The summed E-state index contributed by atoms with van der Waals surface area (Å²) >= 11 is 0. The van der Waals surface area contributed by atoms with Gasteiger partial charge in [0.15, 0.2) is 0 Å². The molecule has 5 aromatic rings. The Morgan fingerprint density at radius 3 is 1.63 bits per heavy atom. The first kappa shape index (κ1) is 28.4. The zero-order chi connectivity index (χ0) is 28.3. The van der Waals surface area contributed by atoms with Crippen molar-refractivity contribution >= 4 is 0 Å². The van der Waals surface area contributed by atoms with Gasteiger partial charge in [-0.3, -0.25) is 9.88 Å². The molecular weight excluding hydrogens is 502 g/mol. The molecule has 0 amide bonds. The SMILES string of the molecule is N[C@@H](Cc1ccc(-c2ccccn2)cc1)CC(O)[C@H](Cc1ccccc1)N(Cc1ccccc1)Cc1ccccc1. The van der Waals surface area contributed by atoms with Crippen molar-refractivity contribution in [2.45, 2.75) is 50.5 Å². The molecule has 3 N–H and O–H groups in total. The molecule has 4 nitrogen and oxygen atoms in total. The van der Waals surface area contributed by atoms with Crippen LogP contribution in [0.5, 0.6) is 0 Å². The summed E-state index contributed by atoms with van der Waals surface area (Å²) in [5.41, 5.74) is 13.6. The molecule has 0 bridgehead atoms. The van der Waals surface area contributed by atoms with E-state index in [1.165, 1.54) is 16.7 Å². The summed E-state index contributed by atoms with van der Waals surface area (Å²) in [6, 6.07) is 45.6. The Balaban J connectivity index is 1.34. The number of nitrogens with zero attached hydrogens (tertiary/aromatic N) is 2. The third-order valence-corrected chi connectivity index (χ3v) is 7.61. The maximum absolute atomic E-state index is 11.8. The van der Waals surface area contributed by atoms with Crippen molar-refractivity contribution in [3.8, 4) is 11.3 Å². The number of hydrogen-bond donors (Lipinski definition) is 2. The summed E-state index contributed by atoms with van der Waals surface area (Å²) < 4.78 is 0. The molecule has 0 aliphatic carbocycles. The number of aliphatic hydroxyl groups excluding tert-OH is 1. The molecular formula is C37H39N3O. The predicted molar refractivity (Wildman–Crippen MR) is 168 cm³/mol. The fourth-order valence-corrected chi connectivity index (χ4v) is 5.49. The molecule has 1 aromatic heterocycles. The lowest BCUT2D eigenvalue weighted by atomic mass is 9.92. The zero-order valence-corrected chi connectivity index (χ0v) is 23.5. The minimum atomic E-state index is -0.592. The first-order valence-electron chi connectivity index (χ1n) is 14.4. The van der Waals surface area contributed by atoms with Crippen molar-refractivity contribution in [1.82, 2.24) is 9.88 Å². The van der Waals surface area contributed by atoms with Crippen molar-refractivity contribution in [1.29, 1.82) is 0 Å². The third-order valence-electron chi connectivity index (χ3n) is 7.61. The van der Waals surface area contributed by atoms with Crippen LogP contribution in [0.2, 0.25) is 0 Å². The quantitative estimate of drug-likeness (QED) is 0.174. The summed E-state index contributed by atoms with van der Waals surface area (Å²) in [7, 11) is 0. The number of benzene rings is 4. The van der Waals surface area contributed by atoms with Gasteiger partial charge >= 0.3 is 0 Å². The van der Waals surface area contributed by atoms with Crippen LogP contribution in [0.15, 0.2) is 140 Å². The van der Waals surface area contributed by atoms with Gasteiger partial charge in [0.05, 0.1) is 11.8 Å². The molecule has 0 spiro atoms. The van der Waals surface area contributed by atoms with E-state index in [0.717, 1.165) is 36.3 Å². The second-order valence-electron chi connectivity index (χ2n) is 10.8. The molecule has 0 radical (unpaired) electrons. The van der Waals surface area contributed by atoms with Gasteiger partial charge in [0, 0.05) is 36.9 Å². The number of pyridine rings is 1. The van der Waals surface area contributed by atoms with Crippen LogP contribution in [0.4, 0.5) is 0 Å². The van der Waals surface area contributed by atoms with E-state index >= 15 is 0 Å². The molecule has 0 saturated carbocycles. The van der Waals surface area contributed by atoms with Gasteiger partial charge in [-0.25, -0.2) is 0 Å². The molecule has 4 aromatic carbocycles. The maximum atomic E-state index is 11.8. The Morgan fingerprint density at radius 2 is 1.10 bits per heavy atom. The zero-order valence-electron chi connectivity index (χ0n) is 23.5. The summed E-state index contributed by atoms with van der Waals surface area (Å²) in [6.45, 7) is 1.49. The van der Waals surface area contributed by atoms with E-state index < -0.39 is 6.10 Å². The highest BCUT2D eigenvalue weighted by Crippen LogP contribution is 2.23. The topological polar surface area (TPSA) is 62.4 Å². The highest BCUT2D eigenvalue weighted by molar-refractivity contribution is 5.59.